The van der Waals surface area contributed by atoms with Crippen LogP contribution in [0.25, 0.3) is 10.9 Å². The van der Waals surface area contributed by atoms with Crippen LogP contribution in [0.4, 0.5) is 0 Å². The van der Waals surface area contributed by atoms with Crippen LogP contribution < -0.4 is 27.4 Å². The number of carbonyl (C=O) groups is 5. The summed E-state index contributed by atoms with van der Waals surface area (Å²) < 4.78 is 0. The molecule has 0 saturated heterocycles. The van der Waals surface area contributed by atoms with Crippen LogP contribution in [0.5, 0.6) is 0 Å². The highest BCUT2D eigenvalue weighted by atomic mass is 16.4. The minimum absolute atomic E-state index is 0.0864. The molecular formula is C25H32N8O6. The average molecular weight is 541 g/mol. The number of carboxylic acids is 1. The number of rotatable bonds is 14. The molecule has 1 aromatic carbocycles. The lowest BCUT2D eigenvalue weighted by atomic mass is 10.0. The molecule has 3 rings (SSSR count). The zero-order valence-corrected chi connectivity index (χ0v) is 21.3. The summed E-state index contributed by atoms with van der Waals surface area (Å²) in [5.41, 5.74) is 13.4. The number of nitrogens with one attached hydrogen (secondary N) is 5. The predicted octanol–water partition coefficient (Wildman–Crippen LogP) is -1.17. The van der Waals surface area contributed by atoms with Gasteiger partial charge in [-0.2, -0.15) is 0 Å². The molecule has 14 heteroatoms. The Morgan fingerprint density at radius 3 is 2.36 bits per heavy atom. The maximum Gasteiger partial charge on any atom is 0.326 e. The quantitative estimate of drug-likeness (QED) is 0.124. The van der Waals surface area contributed by atoms with Crippen LogP contribution in [0, 0.1) is 0 Å². The van der Waals surface area contributed by atoms with E-state index in [0.29, 0.717) is 5.69 Å². The van der Waals surface area contributed by atoms with E-state index >= 15 is 0 Å². The van der Waals surface area contributed by atoms with Crippen LogP contribution in [0.2, 0.25) is 0 Å². The highest BCUT2D eigenvalue weighted by Crippen LogP contribution is 2.19. The third kappa shape index (κ3) is 8.13. The van der Waals surface area contributed by atoms with Gasteiger partial charge in [0.05, 0.1) is 12.4 Å². The Morgan fingerprint density at radius 2 is 1.69 bits per heavy atom. The number of carbonyl (C=O) groups excluding carboxylic acids is 4. The first-order chi connectivity index (χ1) is 18.5. The van der Waals surface area contributed by atoms with Crippen molar-refractivity contribution in [2.75, 3.05) is 0 Å². The standard InChI is InChI=1S/C25H32N8O6/c1-13(22(35)32-19(25(38)39)6-7-21(27)34)31-24(37)20(8-14-10-29-18-5-3-2-4-16(14)18)33-23(36)17(26)9-15-11-28-12-30-15/h2-5,10-13,17,19-20,29H,6-9,26H2,1H3,(H2,27,34)(H,28,30)(H,31,37)(H,32,35)(H,33,36)(H,38,39). The molecule has 4 unspecified atom stereocenters. The number of H-pyrrole nitrogens is 2. The second-order valence-electron chi connectivity index (χ2n) is 9.15. The number of fused-ring (bicyclic) bond motifs is 1. The number of hydrogen-bond acceptors (Lipinski definition) is 7. The highest BCUT2D eigenvalue weighted by Gasteiger charge is 2.29. The summed E-state index contributed by atoms with van der Waals surface area (Å²) in [5, 5.41) is 17.7. The van der Waals surface area contributed by atoms with Gasteiger partial charge in [0, 0.05) is 48.3 Å². The van der Waals surface area contributed by atoms with Gasteiger partial charge in [-0.25, -0.2) is 9.78 Å². The van der Waals surface area contributed by atoms with E-state index in [0.717, 1.165) is 16.5 Å². The van der Waals surface area contributed by atoms with Gasteiger partial charge in [0.1, 0.15) is 18.1 Å². The molecule has 4 amide bonds. The van der Waals surface area contributed by atoms with Gasteiger partial charge in [-0.1, -0.05) is 18.2 Å². The first-order valence-corrected chi connectivity index (χ1v) is 12.2. The predicted molar refractivity (Wildman–Crippen MR) is 140 cm³/mol. The highest BCUT2D eigenvalue weighted by molar-refractivity contribution is 5.94. The lowest BCUT2D eigenvalue weighted by Gasteiger charge is -2.23. The molecule has 2 heterocycles. The molecule has 0 aliphatic rings. The molecule has 0 radical (unpaired) electrons. The fraction of sp³-hybridized carbons (Fsp3) is 0.360. The van der Waals surface area contributed by atoms with Crippen LogP contribution >= 0.6 is 0 Å². The van der Waals surface area contributed by atoms with Crippen LogP contribution in [-0.2, 0) is 36.8 Å². The van der Waals surface area contributed by atoms with Crippen molar-refractivity contribution in [1.29, 1.82) is 0 Å². The molecule has 0 aliphatic heterocycles. The van der Waals surface area contributed by atoms with E-state index in [4.69, 9.17) is 11.5 Å². The number of primary amides is 1. The van der Waals surface area contributed by atoms with Crippen molar-refractivity contribution >= 4 is 40.5 Å². The van der Waals surface area contributed by atoms with Gasteiger partial charge in [-0.3, -0.25) is 19.2 Å². The number of aliphatic carboxylic acids is 1. The number of carboxylic acid groups (broad SMARTS) is 1. The second kappa shape index (κ2) is 13.2. The zero-order valence-electron chi connectivity index (χ0n) is 21.3. The van der Waals surface area contributed by atoms with Crippen molar-refractivity contribution in [2.24, 2.45) is 11.5 Å². The van der Waals surface area contributed by atoms with Crippen molar-refractivity contribution in [3.05, 3.63) is 54.2 Å². The van der Waals surface area contributed by atoms with Gasteiger partial charge >= 0.3 is 5.97 Å². The first kappa shape index (κ1) is 28.8. The fourth-order valence-corrected chi connectivity index (χ4v) is 3.95. The van der Waals surface area contributed by atoms with Gasteiger partial charge < -0.3 is 42.5 Å². The smallest absolute Gasteiger partial charge is 0.326 e. The lowest BCUT2D eigenvalue weighted by molar-refractivity contribution is -0.142. The van der Waals surface area contributed by atoms with E-state index in [1.807, 2.05) is 24.3 Å². The van der Waals surface area contributed by atoms with E-state index < -0.39 is 53.8 Å². The number of imidazole rings is 1. The fourth-order valence-electron chi connectivity index (χ4n) is 3.95. The van der Waals surface area contributed by atoms with E-state index in [1.54, 1.807) is 6.20 Å². The first-order valence-electron chi connectivity index (χ1n) is 12.2. The summed E-state index contributed by atoms with van der Waals surface area (Å²) in [6.45, 7) is 1.37. The second-order valence-corrected chi connectivity index (χ2v) is 9.15. The number of amides is 4. The van der Waals surface area contributed by atoms with Gasteiger partial charge in [0.2, 0.25) is 23.6 Å². The van der Waals surface area contributed by atoms with Crippen molar-refractivity contribution in [3.63, 3.8) is 0 Å². The van der Waals surface area contributed by atoms with E-state index in [1.165, 1.54) is 19.4 Å². The molecule has 4 atom stereocenters. The Kier molecular flexibility index (Phi) is 9.75. The molecule has 0 spiro atoms. The summed E-state index contributed by atoms with van der Waals surface area (Å²) in [4.78, 5) is 71.2. The summed E-state index contributed by atoms with van der Waals surface area (Å²) in [5.74, 6) is -4.10. The number of nitrogens with two attached hydrogens (primary N) is 2. The summed E-state index contributed by atoms with van der Waals surface area (Å²) >= 11 is 0. The van der Waals surface area contributed by atoms with Gasteiger partial charge in [-0.05, 0) is 25.0 Å². The summed E-state index contributed by atoms with van der Waals surface area (Å²) in [6, 6.07) is 2.83. The summed E-state index contributed by atoms with van der Waals surface area (Å²) in [7, 11) is 0. The van der Waals surface area contributed by atoms with Crippen LogP contribution in [0.15, 0.2) is 43.0 Å². The Labute approximate surface area is 223 Å². The Bertz CT molecular complexity index is 1320. The van der Waals surface area contributed by atoms with E-state index in [-0.39, 0.29) is 25.7 Å². The zero-order chi connectivity index (χ0) is 28.5. The minimum Gasteiger partial charge on any atom is -0.480 e. The third-order valence-corrected chi connectivity index (χ3v) is 6.11. The normalized spacial score (nSPS) is 14.1. The van der Waals surface area contributed by atoms with Gasteiger partial charge in [-0.15, -0.1) is 0 Å². The SMILES string of the molecule is CC(NC(=O)C(Cc1c[nH]c2ccccc12)NC(=O)C(N)Cc1cnc[nH]1)C(=O)NC(CCC(N)=O)C(=O)O. The van der Waals surface area contributed by atoms with Crippen LogP contribution in [-0.4, -0.2) is 73.8 Å². The van der Waals surface area contributed by atoms with Gasteiger partial charge in [0.25, 0.3) is 0 Å². The van der Waals surface area contributed by atoms with Crippen LogP contribution in [0.1, 0.15) is 31.0 Å². The average Bonchev–Trinajstić information content (AvgIpc) is 3.55. The molecular weight excluding hydrogens is 508 g/mol. The molecule has 3 aromatic rings. The van der Waals surface area contributed by atoms with Gasteiger partial charge in [0.15, 0.2) is 0 Å². The number of aromatic amines is 2. The maximum absolute atomic E-state index is 13.3. The third-order valence-electron chi connectivity index (χ3n) is 6.11. The minimum atomic E-state index is -1.37. The molecule has 14 nitrogen and oxygen atoms in total. The molecule has 39 heavy (non-hydrogen) atoms. The number of nitrogens with zero attached hydrogens (tertiary/aromatic N) is 1. The molecule has 208 valence electrons. The van der Waals surface area contributed by atoms with Crippen molar-refractivity contribution in [3.8, 4) is 0 Å². The number of aromatic nitrogens is 3. The molecule has 0 fully saturated rings. The Hall–Kier alpha value is -4.72. The van der Waals surface area contributed by atoms with E-state index in [9.17, 15) is 29.1 Å². The van der Waals surface area contributed by atoms with Crippen LogP contribution in [0.3, 0.4) is 0 Å². The Balaban J connectivity index is 1.72. The lowest BCUT2D eigenvalue weighted by Crippen LogP contribution is -2.57. The van der Waals surface area contributed by atoms with Crippen molar-refractivity contribution in [2.45, 2.75) is 56.8 Å². The molecule has 10 N–H and O–H groups in total. The van der Waals surface area contributed by atoms with E-state index in [2.05, 4.69) is 30.9 Å². The molecule has 0 saturated carbocycles. The molecule has 0 aliphatic carbocycles. The largest absolute Gasteiger partial charge is 0.480 e. The van der Waals surface area contributed by atoms with Crippen molar-refractivity contribution in [1.82, 2.24) is 30.9 Å². The summed E-state index contributed by atoms with van der Waals surface area (Å²) in [6.07, 6.45) is 4.53. The Morgan fingerprint density at radius 1 is 0.974 bits per heavy atom. The van der Waals surface area contributed by atoms with Crippen molar-refractivity contribution < 1.29 is 29.1 Å². The monoisotopic (exact) mass is 540 g/mol. The molecule has 2 aromatic heterocycles. The number of hydrogen-bond donors (Lipinski definition) is 8. The maximum atomic E-state index is 13.3. The number of para-hydroxylation sites is 1. The molecule has 0 bridgehead atoms. The topological polar surface area (TPSA) is 238 Å². The number of benzene rings is 1.